The lowest BCUT2D eigenvalue weighted by Gasteiger charge is -2.34. The number of fused-ring (bicyclic) bond motifs is 1. The van der Waals surface area contributed by atoms with E-state index in [1.165, 1.54) is 4.88 Å². The van der Waals surface area contributed by atoms with Gasteiger partial charge in [0.2, 0.25) is 5.91 Å². The Morgan fingerprint density at radius 2 is 1.67 bits per heavy atom. The quantitative estimate of drug-likeness (QED) is 0.495. The van der Waals surface area contributed by atoms with E-state index in [4.69, 9.17) is 0 Å². The number of nitrogens with one attached hydrogen (secondary N) is 2. The molecule has 3 atom stereocenters. The molecule has 2 aliphatic carbocycles. The molecule has 0 saturated heterocycles. The largest absolute Gasteiger partial charge is 0.481 e. The van der Waals surface area contributed by atoms with E-state index in [9.17, 15) is 19.5 Å². The number of carbonyl (C=O) groups excluding carboxylic acids is 2. The summed E-state index contributed by atoms with van der Waals surface area (Å²) < 4.78 is 0. The van der Waals surface area contributed by atoms with Gasteiger partial charge in [-0.25, -0.2) is 0 Å². The molecule has 3 rings (SSSR count). The molecule has 1 aromatic rings. The molecule has 0 unspecified atom stereocenters. The zero-order valence-corrected chi connectivity index (χ0v) is 19.2. The molecule has 1 aromatic heterocycles. The van der Waals surface area contributed by atoms with Gasteiger partial charge in [0.1, 0.15) is 0 Å². The van der Waals surface area contributed by atoms with Crippen LogP contribution in [-0.4, -0.2) is 22.9 Å². The van der Waals surface area contributed by atoms with Crippen molar-refractivity contribution in [3.8, 4) is 0 Å². The van der Waals surface area contributed by atoms with Gasteiger partial charge in [-0.1, -0.05) is 31.9 Å². The van der Waals surface area contributed by atoms with E-state index >= 15 is 0 Å². The van der Waals surface area contributed by atoms with Gasteiger partial charge in [0, 0.05) is 10.3 Å². The molecular formula is C23H32N2O4S. The van der Waals surface area contributed by atoms with E-state index in [1.807, 2.05) is 19.2 Å². The third kappa shape index (κ3) is 4.61. The summed E-state index contributed by atoms with van der Waals surface area (Å²) in [7, 11) is 0. The van der Waals surface area contributed by atoms with Gasteiger partial charge in [0.25, 0.3) is 5.91 Å². The van der Waals surface area contributed by atoms with Crippen LogP contribution in [0, 0.1) is 23.2 Å². The minimum atomic E-state index is -0.978. The van der Waals surface area contributed by atoms with Crippen LogP contribution in [0.15, 0.2) is 16.5 Å². The topological polar surface area (TPSA) is 95.5 Å². The van der Waals surface area contributed by atoms with Crippen LogP contribution < -0.4 is 10.9 Å². The molecule has 30 heavy (non-hydrogen) atoms. The Kier molecular flexibility index (Phi) is 6.41. The molecular weight excluding hydrogens is 400 g/mol. The average Bonchev–Trinajstić information content (AvgIpc) is 3.10. The molecule has 0 spiro atoms. The van der Waals surface area contributed by atoms with Crippen molar-refractivity contribution < 1.29 is 19.5 Å². The number of hydrogen-bond donors (Lipinski definition) is 3. The van der Waals surface area contributed by atoms with Gasteiger partial charge in [-0.15, -0.1) is 11.3 Å². The maximum absolute atomic E-state index is 12.7. The van der Waals surface area contributed by atoms with Crippen molar-refractivity contribution in [2.75, 3.05) is 0 Å². The monoisotopic (exact) mass is 432 g/mol. The van der Waals surface area contributed by atoms with E-state index in [-0.39, 0.29) is 11.3 Å². The molecule has 0 saturated carbocycles. The van der Waals surface area contributed by atoms with Crippen molar-refractivity contribution in [2.45, 2.75) is 66.7 Å². The molecule has 3 N–H and O–H groups in total. The second-order valence-corrected chi connectivity index (χ2v) is 10.8. The third-order valence-corrected chi connectivity index (χ3v) is 7.90. The number of aliphatic carboxylic acids is 1. The van der Waals surface area contributed by atoms with E-state index < -0.39 is 23.7 Å². The maximum atomic E-state index is 12.7. The van der Waals surface area contributed by atoms with Crippen molar-refractivity contribution in [2.24, 2.45) is 23.2 Å². The Bertz CT molecular complexity index is 894. The summed E-state index contributed by atoms with van der Waals surface area (Å²) in [5.41, 5.74) is 9.01. The van der Waals surface area contributed by atoms with Crippen molar-refractivity contribution in [3.05, 3.63) is 32.5 Å². The molecule has 7 heteroatoms. The molecule has 0 aliphatic heterocycles. The van der Waals surface area contributed by atoms with Gasteiger partial charge < -0.3 is 5.11 Å². The SMILES string of the molecule is CC1=C(C)C[C@H](C(=O)NNC(=O)c2csc3c2CC[C@H](C(C)(C)C)C3)[C@@H](C(=O)O)C1. The predicted molar refractivity (Wildman–Crippen MR) is 117 cm³/mol. The molecule has 2 aliphatic rings. The second-order valence-electron chi connectivity index (χ2n) is 9.82. The Hall–Kier alpha value is -2.15. The molecule has 0 fully saturated rings. The van der Waals surface area contributed by atoms with Crippen molar-refractivity contribution in [1.29, 1.82) is 0 Å². The van der Waals surface area contributed by atoms with Crippen LogP contribution in [0.2, 0.25) is 0 Å². The summed E-state index contributed by atoms with van der Waals surface area (Å²) in [5.74, 6) is -2.61. The number of carbonyl (C=O) groups is 3. The van der Waals surface area contributed by atoms with E-state index in [1.54, 1.807) is 11.3 Å². The molecule has 164 valence electrons. The van der Waals surface area contributed by atoms with Crippen molar-refractivity contribution in [3.63, 3.8) is 0 Å². The van der Waals surface area contributed by atoms with Gasteiger partial charge in [0.15, 0.2) is 0 Å². The Morgan fingerprint density at radius 1 is 1.03 bits per heavy atom. The van der Waals surface area contributed by atoms with Crippen molar-refractivity contribution in [1.82, 2.24) is 10.9 Å². The smallest absolute Gasteiger partial charge is 0.307 e. The Labute approximate surface area is 182 Å². The average molecular weight is 433 g/mol. The minimum Gasteiger partial charge on any atom is -0.481 e. The van der Waals surface area contributed by atoms with Crippen LogP contribution in [0.1, 0.15) is 74.7 Å². The van der Waals surface area contributed by atoms with E-state index in [0.717, 1.165) is 36.0 Å². The molecule has 1 heterocycles. The number of hydrogen-bond acceptors (Lipinski definition) is 4. The first-order valence-electron chi connectivity index (χ1n) is 10.6. The Morgan fingerprint density at radius 3 is 2.27 bits per heavy atom. The van der Waals surface area contributed by atoms with Crippen LogP contribution in [0.5, 0.6) is 0 Å². The van der Waals surface area contributed by atoms with Crippen LogP contribution in [0.25, 0.3) is 0 Å². The summed E-state index contributed by atoms with van der Waals surface area (Å²) in [6.07, 6.45) is 3.65. The van der Waals surface area contributed by atoms with Crippen molar-refractivity contribution >= 4 is 29.1 Å². The maximum Gasteiger partial charge on any atom is 0.307 e. The lowest BCUT2D eigenvalue weighted by Crippen LogP contribution is -2.48. The number of hydrazine groups is 1. The lowest BCUT2D eigenvalue weighted by molar-refractivity contribution is -0.147. The normalized spacial score (nSPS) is 24.2. The molecule has 6 nitrogen and oxygen atoms in total. The van der Waals surface area contributed by atoms with Gasteiger partial charge in [0.05, 0.1) is 17.4 Å². The third-order valence-electron chi connectivity index (χ3n) is 6.84. The Balaban J connectivity index is 1.65. The highest BCUT2D eigenvalue weighted by Crippen LogP contribution is 2.40. The lowest BCUT2D eigenvalue weighted by atomic mass is 9.72. The first kappa shape index (κ1) is 22.5. The number of amides is 2. The van der Waals surface area contributed by atoms with Gasteiger partial charge in [-0.05, 0) is 62.8 Å². The van der Waals surface area contributed by atoms with Crippen LogP contribution in [-0.2, 0) is 22.4 Å². The number of carboxylic acid groups (broad SMARTS) is 1. The van der Waals surface area contributed by atoms with E-state index in [2.05, 4.69) is 31.6 Å². The molecule has 0 bridgehead atoms. The molecule has 0 aromatic carbocycles. The highest BCUT2D eigenvalue weighted by molar-refractivity contribution is 7.10. The number of allylic oxidation sites excluding steroid dienone is 2. The zero-order valence-electron chi connectivity index (χ0n) is 18.4. The number of carboxylic acids is 1. The second kappa shape index (κ2) is 8.53. The molecule has 0 radical (unpaired) electrons. The first-order valence-corrected chi connectivity index (χ1v) is 11.4. The summed E-state index contributed by atoms with van der Waals surface area (Å²) in [5, 5.41) is 11.4. The summed E-state index contributed by atoms with van der Waals surface area (Å²) in [4.78, 5) is 38.3. The highest BCUT2D eigenvalue weighted by atomic mass is 32.1. The van der Waals surface area contributed by atoms with Gasteiger partial charge in [-0.2, -0.15) is 0 Å². The van der Waals surface area contributed by atoms with Crippen LogP contribution >= 0.6 is 11.3 Å². The number of rotatable bonds is 3. The van der Waals surface area contributed by atoms with Crippen LogP contribution in [0.3, 0.4) is 0 Å². The number of thiophene rings is 1. The predicted octanol–water partition coefficient (Wildman–Crippen LogP) is 4.11. The summed E-state index contributed by atoms with van der Waals surface area (Å²) in [6.45, 7) is 10.6. The van der Waals surface area contributed by atoms with Gasteiger partial charge in [-0.3, -0.25) is 25.2 Å². The minimum absolute atomic E-state index is 0.240. The fraction of sp³-hybridized carbons (Fsp3) is 0.609. The first-order chi connectivity index (χ1) is 14.0. The van der Waals surface area contributed by atoms with Crippen LogP contribution in [0.4, 0.5) is 0 Å². The fourth-order valence-corrected chi connectivity index (χ4v) is 5.71. The fourth-order valence-electron chi connectivity index (χ4n) is 4.55. The standard InChI is InChI=1S/C23H32N2O4S/c1-12-8-16(17(22(28)29)9-13(12)2)20(26)24-25-21(27)18-11-30-19-10-14(23(3,4)5)6-7-15(18)19/h11,14,16-17H,6-10H2,1-5H3,(H,24,26)(H,25,27)(H,28,29)/t14-,16-,17-/m0/s1. The summed E-state index contributed by atoms with van der Waals surface area (Å²) >= 11 is 1.61. The zero-order chi connectivity index (χ0) is 22.2. The summed E-state index contributed by atoms with van der Waals surface area (Å²) in [6, 6.07) is 0. The highest BCUT2D eigenvalue weighted by Gasteiger charge is 2.37. The van der Waals surface area contributed by atoms with Gasteiger partial charge >= 0.3 is 5.97 Å². The molecule has 2 amide bonds. The van der Waals surface area contributed by atoms with E-state index in [0.29, 0.717) is 24.3 Å².